The van der Waals surface area contributed by atoms with Crippen molar-refractivity contribution in [2.75, 3.05) is 30.3 Å². The second kappa shape index (κ2) is 10.8. The molecule has 1 aliphatic rings. The maximum absolute atomic E-state index is 12.8. The average Bonchev–Trinajstić information content (AvgIpc) is 3.26. The third-order valence-electron chi connectivity index (χ3n) is 7.00. The van der Waals surface area contributed by atoms with Crippen LogP contribution in [0.25, 0.3) is 10.9 Å². The van der Waals surface area contributed by atoms with Gasteiger partial charge in [0.15, 0.2) is 0 Å². The molecule has 2 amide bonds. The minimum absolute atomic E-state index is 0.223. The van der Waals surface area contributed by atoms with Crippen LogP contribution in [-0.2, 0) is 0 Å². The highest BCUT2D eigenvalue weighted by atomic mass is 16.2. The van der Waals surface area contributed by atoms with Crippen LogP contribution >= 0.6 is 0 Å². The molecular formula is C27H37N5O. The van der Waals surface area contributed by atoms with Crippen LogP contribution in [-0.4, -0.2) is 40.8 Å². The van der Waals surface area contributed by atoms with Crippen molar-refractivity contribution >= 4 is 28.3 Å². The minimum Gasteiger partial charge on any atom is -0.308 e. The van der Waals surface area contributed by atoms with E-state index in [9.17, 15) is 4.79 Å². The van der Waals surface area contributed by atoms with Gasteiger partial charge in [-0.2, -0.15) is 5.10 Å². The van der Waals surface area contributed by atoms with Crippen molar-refractivity contribution in [3.63, 3.8) is 0 Å². The fourth-order valence-electron chi connectivity index (χ4n) is 4.78. The van der Waals surface area contributed by atoms with Crippen LogP contribution in [0.1, 0.15) is 76.0 Å². The molecule has 4 rings (SSSR count). The number of fused-ring (bicyclic) bond motifs is 1. The third-order valence-corrected chi connectivity index (χ3v) is 7.00. The van der Waals surface area contributed by atoms with E-state index in [0.717, 1.165) is 65.9 Å². The van der Waals surface area contributed by atoms with Crippen molar-refractivity contribution in [1.29, 1.82) is 0 Å². The number of nitrogens with one attached hydrogen (secondary N) is 3. The highest BCUT2D eigenvalue weighted by Crippen LogP contribution is 2.33. The number of aromatic nitrogens is 2. The van der Waals surface area contributed by atoms with Gasteiger partial charge >= 0.3 is 6.03 Å². The second-order valence-electron chi connectivity index (χ2n) is 9.31. The monoisotopic (exact) mass is 447 g/mol. The molecule has 0 saturated carbocycles. The van der Waals surface area contributed by atoms with Gasteiger partial charge in [0.25, 0.3) is 0 Å². The molecule has 0 radical (unpaired) electrons. The van der Waals surface area contributed by atoms with Crippen LogP contribution < -0.4 is 10.6 Å². The highest BCUT2D eigenvalue weighted by Gasteiger charge is 2.24. The Morgan fingerprint density at radius 1 is 1.15 bits per heavy atom. The van der Waals surface area contributed by atoms with Crippen molar-refractivity contribution < 1.29 is 4.79 Å². The summed E-state index contributed by atoms with van der Waals surface area (Å²) in [5.41, 5.74) is 4.96. The fraction of sp³-hybridized carbons (Fsp3) is 0.481. The number of carbonyl (C=O) groups excluding carboxylic acids is 1. The van der Waals surface area contributed by atoms with Gasteiger partial charge in [0.05, 0.1) is 11.2 Å². The largest absolute Gasteiger partial charge is 0.323 e. The topological polar surface area (TPSA) is 73.0 Å². The summed E-state index contributed by atoms with van der Waals surface area (Å²) in [6, 6.07) is 13.8. The summed E-state index contributed by atoms with van der Waals surface area (Å²) in [6.45, 7) is 10.1. The number of anilines is 2. The molecule has 33 heavy (non-hydrogen) atoms. The summed E-state index contributed by atoms with van der Waals surface area (Å²) in [5.74, 6) is 0.850. The Morgan fingerprint density at radius 2 is 1.94 bits per heavy atom. The van der Waals surface area contributed by atoms with E-state index < -0.39 is 0 Å². The lowest BCUT2D eigenvalue weighted by molar-refractivity contribution is 0.208. The van der Waals surface area contributed by atoms with E-state index >= 15 is 0 Å². The van der Waals surface area contributed by atoms with Crippen LogP contribution in [0.5, 0.6) is 0 Å². The molecule has 1 fully saturated rings. The molecule has 176 valence electrons. The van der Waals surface area contributed by atoms with Gasteiger partial charge in [-0.25, -0.2) is 4.79 Å². The number of benzene rings is 2. The summed E-state index contributed by atoms with van der Waals surface area (Å²) >= 11 is 0. The summed E-state index contributed by atoms with van der Waals surface area (Å²) in [4.78, 5) is 15.4. The second-order valence-corrected chi connectivity index (χ2v) is 9.31. The van der Waals surface area contributed by atoms with Gasteiger partial charge in [0.1, 0.15) is 0 Å². The van der Waals surface area contributed by atoms with E-state index in [-0.39, 0.29) is 6.03 Å². The van der Waals surface area contributed by atoms with Crippen molar-refractivity contribution in [3.05, 3.63) is 53.7 Å². The highest BCUT2D eigenvalue weighted by molar-refractivity contribution is 6.01. The molecule has 0 spiro atoms. The Labute approximate surface area is 197 Å². The number of hydrogen-bond acceptors (Lipinski definition) is 3. The van der Waals surface area contributed by atoms with E-state index in [1.807, 2.05) is 30.3 Å². The normalized spacial score (nSPS) is 16.1. The number of H-pyrrole nitrogens is 1. The Kier molecular flexibility index (Phi) is 7.65. The van der Waals surface area contributed by atoms with Crippen LogP contribution in [0.3, 0.4) is 0 Å². The van der Waals surface area contributed by atoms with Crippen molar-refractivity contribution in [1.82, 2.24) is 15.1 Å². The quantitative estimate of drug-likeness (QED) is 0.360. The number of urea groups is 1. The molecule has 1 unspecified atom stereocenters. The molecule has 6 heteroatoms. The number of aromatic amines is 1. The molecule has 0 aliphatic carbocycles. The van der Waals surface area contributed by atoms with Crippen molar-refractivity contribution in [2.45, 2.75) is 64.7 Å². The molecule has 1 saturated heterocycles. The number of unbranched alkanes of at least 4 members (excludes halogenated alkanes) is 1. The number of amides is 2. The van der Waals surface area contributed by atoms with Crippen LogP contribution in [0.2, 0.25) is 0 Å². The van der Waals surface area contributed by atoms with Gasteiger partial charge < -0.3 is 15.5 Å². The molecule has 3 aromatic rings. The van der Waals surface area contributed by atoms with E-state index in [0.29, 0.717) is 11.8 Å². The summed E-state index contributed by atoms with van der Waals surface area (Å²) in [6.07, 6.45) is 5.81. The minimum atomic E-state index is -0.223. The number of hydrogen-bond donors (Lipinski definition) is 3. The molecule has 2 aromatic carbocycles. The smallest absolute Gasteiger partial charge is 0.308 e. The first-order valence-corrected chi connectivity index (χ1v) is 12.5. The Bertz CT molecular complexity index is 1070. The maximum Gasteiger partial charge on any atom is 0.323 e. The SMILES string of the molecule is CCCCN1CCC(c2n[nH]c3ccc(NC(=O)Nc4ccccc4C(C)CC)cc23)CC1. The zero-order valence-corrected chi connectivity index (χ0v) is 20.2. The molecule has 0 bridgehead atoms. The lowest BCUT2D eigenvalue weighted by atomic mass is 9.91. The number of piperidine rings is 1. The van der Waals surface area contributed by atoms with Gasteiger partial charge in [-0.05, 0) is 81.1 Å². The van der Waals surface area contributed by atoms with Crippen LogP contribution in [0.15, 0.2) is 42.5 Å². The first kappa shape index (κ1) is 23.3. The molecule has 1 atom stereocenters. The first-order chi connectivity index (χ1) is 16.1. The average molecular weight is 448 g/mol. The van der Waals surface area contributed by atoms with E-state index in [1.165, 1.54) is 19.4 Å². The van der Waals surface area contributed by atoms with Crippen LogP contribution in [0.4, 0.5) is 16.2 Å². The summed E-state index contributed by atoms with van der Waals surface area (Å²) < 4.78 is 0. The summed E-state index contributed by atoms with van der Waals surface area (Å²) in [7, 11) is 0. The van der Waals surface area contributed by atoms with Gasteiger partial charge in [0.2, 0.25) is 0 Å². The van der Waals surface area contributed by atoms with Gasteiger partial charge in [0, 0.05) is 22.7 Å². The zero-order valence-electron chi connectivity index (χ0n) is 20.2. The predicted octanol–water partition coefficient (Wildman–Crippen LogP) is 6.70. The third kappa shape index (κ3) is 5.56. The maximum atomic E-state index is 12.8. The lowest BCUT2D eigenvalue weighted by Gasteiger charge is -2.31. The summed E-state index contributed by atoms with van der Waals surface area (Å²) in [5, 5.41) is 15.0. The molecular weight excluding hydrogens is 410 g/mol. The molecule has 1 aliphatic heterocycles. The van der Waals surface area contributed by atoms with Gasteiger partial charge in [-0.15, -0.1) is 0 Å². The Hall–Kier alpha value is -2.86. The van der Waals surface area contributed by atoms with E-state index in [4.69, 9.17) is 0 Å². The number of likely N-dealkylation sites (tertiary alicyclic amines) is 1. The van der Waals surface area contributed by atoms with E-state index in [1.54, 1.807) is 0 Å². The van der Waals surface area contributed by atoms with E-state index in [2.05, 4.69) is 58.6 Å². The molecule has 6 nitrogen and oxygen atoms in total. The first-order valence-electron chi connectivity index (χ1n) is 12.5. The predicted molar refractivity (Wildman–Crippen MR) is 137 cm³/mol. The van der Waals surface area contributed by atoms with Crippen molar-refractivity contribution in [2.24, 2.45) is 0 Å². The molecule has 3 N–H and O–H groups in total. The Balaban J connectivity index is 1.44. The number of para-hydroxylation sites is 1. The number of rotatable bonds is 8. The number of carbonyl (C=O) groups is 1. The number of nitrogens with zero attached hydrogens (tertiary/aromatic N) is 2. The lowest BCUT2D eigenvalue weighted by Crippen LogP contribution is -2.33. The zero-order chi connectivity index (χ0) is 23.2. The van der Waals surface area contributed by atoms with Gasteiger partial charge in [-0.3, -0.25) is 5.10 Å². The molecule has 2 heterocycles. The fourth-order valence-corrected chi connectivity index (χ4v) is 4.78. The van der Waals surface area contributed by atoms with Crippen molar-refractivity contribution in [3.8, 4) is 0 Å². The molecule has 1 aromatic heterocycles. The standard InChI is InChI=1S/C27H37N5O/c1-4-6-15-32-16-13-20(14-17-32)26-23-18-21(11-12-25(23)30-31-26)28-27(33)29-24-10-8-7-9-22(24)19(3)5-2/h7-12,18-20H,4-6,13-17H2,1-3H3,(H,30,31)(H2,28,29,33). The van der Waals surface area contributed by atoms with Crippen LogP contribution in [0, 0.1) is 0 Å². The Morgan fingerprint density at radius 3 is 2.70 bits per heavy atom. The van der Waals surface area contributed by atoms with Gasteiger partial charge in [-0.1, -0.05) is 45.4 Å².